The molecule has 8 nitrogen and oxygen atoms in total. The molecule has 0 saturated carbocycles. The zero-order valence-corrected chi connectivity index (χ0v) is 20.7. The van der Waals surface area contributed by atoms with Crippen LogP contribution in [0.25, 0.3) is 6.08 Å². The highest BCUT2D eigenvalue weighted by Crippen LogP contribution is 2.41. The van der Waals surface area contributed by atoms with Crippen LogP contribution in [0.5, 0.6) is 28.7 Å². The maximum absolute atomic E-state index is 13.1. The number of carbonyl (C=O) groups excluding carboxylic acids is 2. The molecule has 0 fully saturated rings. The van der Waals surface area contributed by atoms with Gasteiger partial charge in [-0.2, -0.15) is 0 Å². The van der Waals surface area contributed by atoms with Crippen molar-refractivity contribution in [2.75, 3.05) is 28.4 Å². The molecule has 1 aliphatic heterocycles. The predicted octanol–water partition coefficient (Wildman–Crippen LogP) is 5.00. The summed E-state index contributed by atoms with van der Waals surface area (Å²) in [6, 6.07) is 13.9. The Morgan fingerprint density at radius 1 is 0.917 bits per heavy atom. The predicted molar refractivity (Wildman–Crippen MR) is 132 cm³/mol. The fraction of sp³-hybridized carbons (Fsp3) is 0.214. The van der Waals surface area contributed by atoms with Gasteiger partial charge in [0.05, 0.1) is 39.6 Å². The summed E-state index contributed by atoms with van der Waals surface area (Å²) in [6.45, 7) is 2.11. The Bertz CT molecular complexity index is 1310. The molecule has 0 bridgehead atoms. The Labute approximate surface area is 209 Å². The Hall–Kier alpha value is -4.46. The molecule has 36 heavy (non-hydrogen) atoms. The summed E-state index contributed by atoms with van der Waals surface area (Å²) in [5.41, 5.74) is 3.23. The lowest BCUT2D eigenvalue weighted by atomic mass is 10.0. The summed E-state index contributed by atoms with van der Waals surface area (Å²) >= 11 is 0. The number of ether oxygens (including phenoxy) is 6. The van der Waals surface area contributed by atoms with E-state index >= 15 is 0 Å². The molecule has 3 aromatic carbocycles. The second-order valence-corrected chi connectivity index (χ2v) is 7.99. The van der Waals surface area contributed by atoms with Crippen LogP contribution < -0.4 is 23.7 Å². The van der Waals surface area contributed by atoms with Gasteiger partial charge in [0.1, 0.15) is 18.1 Å². The minimum atomic E-state index is -0.395. The van der Waals surface area contributed by atoms with Crippen LogP contribution >= 0.6 is 0 Å². The lowest BCUT2D eigenvalue weighted by molar-refractivity contribution is 0.0600. The van der Waals surface area contributed by atoms with Crippen LogP contribution in [0.15, 0.2) is 54.3 Å². The van der Waals surface area contributed by atoms with E-state index < -0.39 is 5.97 Å². The highest BCUT2D eigenvalue weighted by Gasteiger charge is 2.30. The molecule has 0 aromatic heterocycles. The van der Waals surface area contributed by atoms with Gasteiger partial charge in [0, 0.05) is 6.07 Å². The Morgan fingerprint density at radius 2 is 1.58 bits per heavy atom. The fourth-order valence-corrected chi connectivity index (χ4v) is 3.92. The third-order valence-corrected chi connectivity index (χ3v) is 5.71. The summed E-state index contributed by atoms with van der Waals surface area (Å²) < 4.78 is 32.7. The molecular weight excluding hydrogens is 464 g/mol. The number of hydrogen-bond donors (Lipinski definition) is 0. The van der Waals surface area contributed by atoms with Crippen LogP contribution in [-0.4, -0.2) is 40.2 Å². The molecule has 3 aromatic rings. The van der Waals surface area contributed by atoms with Crippen molar-refractivity contribution < 1.29 is 38.0 Å². The third kappa shape index (κ3) is 4.84. The smallest absolute Gasteiger partial charge is 0.337 e. The molecule has 0 unspecified atom stereocenters. The molecule has 0 amide bonds. The average Bonchev–Trinajstić information content (AvgIpc) is 3.21. The summed E-state index contributed by atoms with van der Waals surface area (Å²) in [5, 5.41) is 0. The maximum atomic E-state index is 13.1. The number of ketones is 1. The lowest BCUT2D eigenvalue weighted by Crippen LogP contribution is -2.02. The number of Topliss-reactive ketones (excluding diaryl/α,β-unsaturated/α-hetero) is 1. The van der Waals surface area contributed by atoms with Gasteiger partial charge >= 0.3 is 5.97 Å². The molecular formula is C28H26O8. The first-order chi connectivity index (χ1) is 17.4. The van der Waals surface area contributed by atoms with E-state index in [0.717, 1.165) is 11.1 Å². The lowest BCUT2D eigenvalue weighted by Gasteiger charge is -2.13. The Morgan fingerprint density at radius 3 is 2.17 bits per heavy atom. The van der Waals surface area contributed by atoms with Gasteiger partial charge in [0.2, 0.25) is 11.5 Å². The highest BCUT2D eigenvalue weighted by atomic mass is 16.5. The van der Waals surface area contributed by atoms with Gasteiger partial charge in [-0.15, -0.1) is 0 Å². The number of hydrogen-bond acceptors (Lipinski definition) is 8. The number of fused-ring (bicyclic) bond motifs is 1. The number of rotatable bonds is 8. The number of esters is 1. The van der Waals surface area contributed by atoms with E-state index in [0.29, 0.717) is 45.4 Å². The van der Waals surface area contributed by atoms with Crippen molar-refractivity contribution >= 4 is 17.8 Å². The Balaban J connectivity index is 1.55. The second-order valence-electron chi connectivity index (χ2n) is 7.99. The molecule has 0 atom stereocenters. The largest absolute Gasteiger partial charge is 0.493 e. The van der Waals surface area contributed by atoms with Crippen molar-refractivity contribution in [2.45, 2.75) is 13.5 Å². The molecule has 0 saturated heterocycles. The van der Waals surface area contributed by atoms with Crippen LogP contribution in [0.2, 0.25) is 0 Å². The van der Waals surface area contributed by atoms with Gasteiger partial charge in [-0.3, -0.25) is 4.79 Å². The van der Waals surface area contributed by atoms with Crippen LogP contribution in [0.3, 0.4) is 0 Å². The molecule has 0 radical (unpaired) electrons. The van der Waals surface area contributed by atoms with Gasteiger partial charge in [-0.1, -0.05) is 12.1 Å². The molecule has 0 N–H and O–H groups in total. The molecule has 1 aliphatic rings. The third-order valence-electron chi connectivity index (χ3n) is 5.71. The van der Waals surface area contributed by atoms with Gasteiger partial charge in [0.25, 0.3) is 0 Å². The van der Waals surface area contributed by atoms with Crippen molar-refractivity contribution in [3.05, 3.63) is 82.1 Å². The summed E-state index contributed by atoms with van der Waals surface area (Å²) in [7, 11) is 5.92. The van der Waals surface area contributed by atoms with Crippen LogP contribution in [0.1, 0.15) is 37.4 Å². The van der Waals surface area contributed by atoms with Crippen LogP contribution in [0.4, 0.5) is 0 Å². The highest BCUT2D eigenvalue weighted by molar-refractivity contribution is 6.15. The first-order valence-corrected chi connectivity index (χ1v) is 11.1. The summed E-state index contributed by atoms with van der Waals surface area (Å²) in [4.78, 5) is 24.7. The molecule has 186 valence electrons. The zero-order valence-electron chi connectivity index (χ0n) is 20.7. The van der Waals surface area contributed by atoms with Crippen molar-refractivity contribution in [1.29, 1.82) is 0 Å². The summed E-state index contributed by atoms with van der Waals surface area (Å²) in [5.74, 6) is 1.95. The topological polar surface area (TPSA) is 89.5 Å². The van der Waals surface area contributed by atoms with E-state index in [9.17, 15) is 9.59 Å². The van der Waals surface area contributed by atoms with E-state index in [2.05, 4.69) is 0 Å². The van der Waals surface area contributed by atoms with E-state index in [1.165, 1.54) is 28.4 Å². The SMILES string of the molecule is COC(=O)c1ccc(COc2cc(C)c3c(c2)O/C(=C\c2cc(OC)c(OC)c(OC)c2)C3=O)cc1. The van der Waals surface area contributed by atoms with Crippen molar-refractivity contribution in [3.63, 3.8) is 0 Å². The zero-order chi connectivity index (χ0) is 25.8. The van der Waals surface area contributed by atoms with Crippen LogP contribution in [0, 0.1) is 6.92 Å². The van der Waals surface area contributed by atoms with Crippen molar-refractivity contribution in [3.8, 4) is 28.7 Å². The monoisotopic (exact) mass is 490 g/mol. The molecule has 8 heteroatoms. The molecule has 4 rings (SSSR count). The molecule has 0 aliphatic carbocycles. The van der Waals surface area contributed by atoms with Gasteiger partial charge < -0.3 is 28.4 Å². The molecule has 0 spiro atoms. The average molecular weight is 491 g/mol. The van der Waals surface area contributed by atoms with Crippen molar-refractivity contribution in [2.24, 2.45) is 0 Å². The first-order valence-electron chi connectivity index (χ1n) is 11.1. The number of aryl methyl sites for hydroxylation is 1. The van der Waals surface area contributed by atoms with Gasteiger partial charge in [-0.25, -0.2) is 4.79 Å². The minimum Gasteiger partial charge on any atom is -0.493 e. The number of allylic oxidation sites excluding steroid dienone is 1. The number of methoxy groups -OCH3 is 4. The second kappa shape index (κ2) is 10.4. The Kier molecular flexibility index (Phi) is 7.15. The quantitative estimate of drug-likeness (QED) is 0.322. The maximum Gasteiger partial charge on any atom is 0.337 e. The van der Waals surface area contributed by atoms with E-state index in [1.807, 2.05) is 6.92 Å². The van der Waals surface area contributed by atoms with Gasteiger partial charge in [0.15, 0.2) is 17.3 Å². The van der Waals surface area contributed by atoms with Crippen molar-refractivity contribution in [1.82, 2.24) is 0 Å². The van der Waals surface area contributed by atoms with Crippen LogP contribution in [-0.2, 0) is 11.3 Å². The van der Waals surface area contributed by atoms with E-state index in [4.69, 9.17) is 28.4 Å². The number of benzene rings is 3. The normalized spacial score (nSPS) is 13.1. The van der Waals surface area contributed by atoms with Gasteiger partial charge in [-0.05, 0) is 60.0 Å². The molecule has 1 heterocycles. The van der Waals surface area contributed by atoms with E-state index in [1.54, 1.807) is 54.6 Å². The van der Waals surface area contributed by atoms with E-state index in [-0.39, 0.29) is 18.1 Å². The summed E-state index contributed by atoms with van der Waals surface area (Å²) in [6.07, 6.45) is 1.63. The number of carbonyl (C=O) groups is 2. The minimum absolute atomic E-state index is 0.179. The fourth-order valence-electron chi connectivity index (χ4n) is 3.92. The standard InChI is InChI=1S/C28H26O8/c1-16-10-20(35-15-17-6-8-19(9-7-17)28(30)34-5)14-21-25(16)26(29)22(36-21)11-18-12-23(31-2)27(33-4)24(13-18)32-3/h6-14H,15H2,1-5H3/b22-11-. The first kappa shape index (κ1) is 24.7.